The Labute approximate surface area is 167 Å². The van der Waals surface area contributed by atoms with Crippen molar-refractivity contribution in [1.29, 1.82) is 0 Å². The van der Waals surface area contributed by atoms with Crippen LogP contribution < -0.4 is 0 Å². The van der Waals surface area contributed by atoms with E-state index in [0.717, 1.165) is 22.7 Å². The normalized spacial score (nSPS) is 16.1. The van der Waals surface area contributed by atoms with E-state index in [-0.39, 0.29) is 26.9 Å². The molecule has 4 nitrogen and oxygen atoms in total. The smallest absolute Gasteiger partial charge is 0.416 e. The first-order valence-electron chi connectivity index (χ1n) is 7.90. The van der Waals surface area contributed by atoms with Crippen molar-refractivity contribution < 1.29 is 27.9 Å². The van der Waals surface area contributed by atoms with Gasteiger partial charge in [0.05, 0.1) is 22.6 Å². The van der Waals surface area contributed by atoms with Crippen molar-refractivity contribution in [2.75, 3.05) is 0 Å². The number of aromatic carboxylic acids is 1. The zero-order valence-electron chi connectivity index (χ0n) is 14.1. The Hall–Kier alpha value is -2.65. The number of hydrogen-bond donors (Lipinski definition) is 1. The van der Waals surface area contributed by atoms with Gasteiger partial charge >= 0.3 is 12.1 Å². The Morgan fingerprint density at radius 1 is 1.18 bits per heavy atom. The standard InChI is InChI=1S/C19H12F3NO3S2/c20-19(21,22)14-7-2-1-5-13(14)10-23-16(24)15(28-18(23)27)9-11-4-3-6-12(8-11)17(25)26/h1-9H,10H2,(H,25,26)/b15-9-. The molecule has 3 rings (SSSR count). The number of amides is 1. The van der Waals surface area contributed by atoms with Gasteiger partial charge in [-0.3, -0.25) is 9.69 Å². The molecule has 1 saturated heterocycles. The summed E-state index contributed by atoms with van der Waals surface area (Å²) in [6, 6.07) is 11.0. The van der Waals surface area contributed by atoms with E-state index in [1.54, 1.807) is 6.07 Å². The molecule has 28 heavy (non-hydrogen) atoms. The summed E-state index contributed by atoms with van der Waals surface area (Å²) in [5, 5.41) is 9.05. The molecule has 0 bridgehead atoms. The highest BCUT2D eigenvalue weighted by Gasteiger charge is 2.36. The van der Waals surface area contributed by atoms with Gasteiger partial charge in [0, 0.05) is 0 Å². The number of carboxylic acids is 1. The Morgan fingerprint density at radius 2 is 1.89 bits per heavy atom. The van der Waals surface area contributed by atoms with Crippen molar-refractivity contribution in [2.24, 2.45) is 0 Å². The molecule has 144 valence electrons. The molecule has 1 fully saturated rings. The molecule has 1 N–H and O–H groups in total. The van der Waals surface area contributed by atoms with Crippen molar-refractivity contribution in [3.63, 3.8) is 0 Å². The van der Waals surface area contributed by atoms with Crippen LogP contribution in [0.5, 0.6) is 0 Å². The summed E-state index contributed by atoms with van der Waals surface area (Å²) < 4.78 is 39.7. The van der Waals surface area contributed by atoms with Gasteiger partial charge in [-0.2, -0.15) is 13.2 Å². The van der Waals surface area contributed by atoms with Crippen molar-refractivity contribution in [2.45, 2.75) is 12.7 Å². The Balaban J connectivity index is 1.87. The summed E-state index contributed by atoms with van der Waals surface area (Å²) in [6.07, 6.45) is -3.06. The fourth-order valence-corrected chi connectivity index (χ4v) is 3.91. The highest BCUT2D eigenvalue weighted by Crippen LogP contribution is 2.36. The zero-order valence-corrected chi connectivity index (χ0v) is 15.7. The molecule has 1 aliphatic rings. The van der Waals surface area contributed by atoms with Crippen LogP contribution in [0.4, 0.5) is 13.2 Å². The largest absolute Gasteiger partial charge is 0.478 e. The molecule has 2 aromatic rings. The summed E-state index contributed by atoms with van der Waals surface area (Å²) >= 11 is 6.13. The van der Waals surface area contributed by atoms with Gasteiger partial charge in [-0.15, -0.1) is 0 Å². The van der Waals surface area contributed by atoms with Crippen LogP contribution in [0.1, 0.15) is 27.0 Å². The first kappa shape index (κ1) is 20.1. The zero-order chi connectivity index (χ0) is 20.5. The number of carbonyl (C=O) groups is 2. The van der Waals surface area contributed by atoms with Gasteiger partial charge in [-0.05, 0) is 35.4 Å². The van der Waals surface area contributed by atoms with Crippen LogP contribution in [-0.2, 0) is 17.5 Å². The summed E-state index contributed by atoms with van der Waals surface area (Å²) in [5.74, 6) is -1.63. The molecule has 0 unspecified atom stereocenters. The molecule has 0 aromatic heterocycles. The van der Waals surface area contributed by atoms with Gasteiger partial charge in [0.15, 0.2) is 0 Å². The molecule has 9 heteroatoms. The maximum atomic E-state index is 13.2. The molecule has 0 saturated carbocycles. The number of thiocarbonyl (C=S) groups is 1. The number of alkyl halides is 3. The van der Waals surface area contributed by atoms with E-state index in [2.05, 4.69) is 0 Å². The number of nitrogens with zero attached hydrogens (tertiary/aromatic N) is 1. The minimum absolute atomic E-state index is 0.0552. The van der Waals surface area contributed by atoms with Crippen LogP contribution in [0.15, 0.2) is 53.4 Å². The van der Waals surface area contributed by atoms with Crippen LogP contribution in [0.25, 0.3) is 6.08 Å². The van der Waals surface area contributed by atoms with Crippen molar-refractivity contribution in [1.82, 2.24) is 4.90 Å². The number of thioether (sulfide) groups is 1. The summed E-state index contributed by atoms with van der Waals surface area (Å²) in [5.41, 5.74) is -0.331. The molecule has 0 aliphatic carbocycles. The highest BCUT2D eigenvalue weighted by atomic mass is 32.2. The summed E-state index contributed by atoms with van der Waals surface area (Å²) in [7, 11) is 0. The molecule has 1 aliphatic heterocycles. The molecule has 0 radical (unpaired) electrons. The van der Waals surface area contributed by atoms with E-state index in [4.69, 9.17) is 17.3 Å². The fraction of sp³-hybridized carbons (Fsp3) is 0.105. The molecular formula is C19H12F3NO3S2. The van der Waals surface area contributed by atoms with Crippen LogP contribution in [0.3, 0.4) is 0 Å². The number of halogens is 3. The molecule has 0 spiro atoms. The van der Waals surface area contributed by atoms with Gasteiger partial charge in [0.2, 0.25) is 0 Å². The molecule has 1 amide bonds. The maximum Gasteiger partial charge on any atom is 0.416 e. The van der Waals surface area contributed by atoms with E-state index >= 15 is 0 Å². The third kappa shape index (κ3) is 4.26. The third-order valence-corrected chi connectivity index (χ3v) is 5.33. The van der Waals surface area contributed by atoms with Gasteiger partial charge in [-0.1, -0.05) is 54.3 Å². The second kappa shape index (κ2) is 7.76. The molecular weight excluding hydrogens is 411 g/mol. The van der Waals surface area contributed by atoms with E-state index in [1.165, 1.54) is 42.5 Å². The number of benzene rings is 2. The topological polar surface area (TPSA) is 57.6 Å². The third-order valence-electron chi connectivity index (χ3n) is 3.96. The lowest BCUT2D eigenvalue weighted by molar-refractivity contribution is -0.138. The SMILES string of the molecule is O=C(O)c1cccc(/C=C2\SC(=S)N(Cc3ccccc3C(F)(F)F)C2=O)c1. The maximum absolute atomic E-state index is 13.2. The Morgan fingerprint density at radius 3 is 2.57 bits per heavy atom. The average Bonchev–Trinajstić information content (AvgIpc) is 2.89. The van der Waals surface area contributed by atoms with Gasteiger partial charge in [0.25, 0.3) is 5.91 Å². The van der Waals surface area contributed by atoms with Crippen LogP contribution in [0.2, 0.25) is 0 Å². The van der Waals surface area contributed by atoms with Crippen LogP contribution >= 0.6 is 24.0 Å². The molecule has 0 atom stereocenters. The Kier molecular flexibility index (Phi) is 5.57. The number of rotatable bonds is 4. The minimum Gasteiger partial charge on any atom is -0.478 e. The molecule has 2 aromatic carbocycles. The minimum atomic E-state index is -4.54. The van der Waals surface area contributed by atoms with Crippen LogP contribution in [0, 0.1) is 0 Å². The summed E-state index contributed by atoms with van der Waals surface area (Å²) in [6.45, 7) is -0.299. The van der Waals surface area contributed by atoms with Gasteiger partial charge in [-0.25, -0.2) is 4.79 Å². The lowest BCUT2D eigenvalue weighted by atomic mass is 10.1. The number of carbonyl (C=O) groups excluding carboxylic acids is 1. The van der Waals surface area contributed by atoms with E-state index in [1.807, 2.05) is 0 Å². The molecule has 1 heterocycles. The lowest BCUT2D eigenvalue weighted by Crippen LogP contribution is -2.28. The summed E-state index contributed by atoms with van der Waals surface area (Å²) in [4.78, 5) is 25.0. The van der Waals surface area contributed by atoms with Crippen molar-refractivity contribution >= 4 is 46.3 Å². The number of hydrogen-bond acceptors (Lipinski definition) is 4. The highest BCUT2D eigenvalue weighted by molar-refractivity contribution is 8.26. The second-order valence-electron chi connectivity index (χ2n) is 5.85. The second-order valence-corrected chi connectivity index (χ2v) is 7.53. The Bertz CT molecular complexity index is 1000. The van der Waals surface area contributed by atoms with E-state index < -0.39 is 23.6 Å². The predicted molar refractivity (Wildman–Crippen MR) is 104 cm³/mol. The first-order valence-corrected chi connectivity index (χ1v) is 9.13. The predicted octanol–water partition coefficient (Wildman–Crippen LogP) is 4.81. The van der Waals surface area contributed by atoms with Gasteiger partial charge < -0.3 is 5.11 Å². The van der Waals surface area contributed by atoms with Crippen LogP contribution in [-0.4, -0.2) is 26.2 Å². The van der Waals surface area contributed by atoms with E-state index in [9.17, 15) is 22.8 Å². The monoisotopic (exact) mass is 423 g/mol. The van der Waals surface area contributed by atoms with E-state index in [0.29, 0.717) is 5.56 Å². The first-order chi connectivity index (χ1) is 13.2. The lowest BCUT2D eigenvalue weighted by Gasteiger charge is -2.18. The quantitative estimate of drug-likeness (QED) is 0.565. The van der Waals surface area contributed by atoms with Crippen molar-refractivity contribution in [3.8, 4) is 0 Å². The number of carboxylic acid groups (broad SMARTS) is 1. The average molecular weight is 423 g/mol. The van der Waals surface area contributed by atoms with Crippen molar-refractivity contribution in [3.05, 3.63) is 75.7 Å². The fourth-order valence-electron chi connectivity index (χ4n) is 2.65. The van der Waals surface area contributed by atoms with Gasteiger partial charge in [0.1, 0.15) is 4.32 Å².